The van der Waals surface area contributed by atoms with Crippen molar-refractivity contribution in [3.8, 4) is 5.75 Å². The average Bonchev–Trinajstić information content (AvgIpc) is 2.78. The fourth-order valence-corrected chi connectivity index (χ4v) is 4.64. The van der Waals surface area contributed by atoms with Gasteiger partial charge in [0.05, 0.1) is 21.7 Å². The predicted octanol–water partition coefficient (Wildman–Crippen LogP) is 4.85. The zero-order valence-electron chi connectivity index (χ0n) is 18.9. The lowest BCUT2D eigenvalue weighted by Gasteiger charge is -2.29. The second kappa shape index (κ2) is 8.91. The van der Waals surface area contributed by atoms with E-state index < -0.39 is 15.4 Å². The SMILES string of the molecule is CCCc1ccc(S(=O)(=O)Nc2ccc3c(c2)OCC(C)(C)C(=O)N3CC(C)C)cc1. The van der Waals surface area contributed by atoms with Crippen LogP contribution < -0.4 is 14.4 Å². The van der Waals surface area contributed by atoms with E-state index in [0.29, 0.717) is 23.7 Å². The van der Waals surface area contributed by atoms with Crippen molar-refractivity contribution in [3.63, 3.8) is 0 Å². The summed E-state index contributed by atoms with van der Waals surface area (Å²) in [6, 6.07) is 12.0. The van der Waals surface area contributed by atoms with Crippen LogP contribution in [0, 0.1) is 11.3 Å². The molecule has 0 unspecified atom stereocenters. The van der Waals surface area contributed by atoms with Crippen molar-refractivity contribution in [1.82, 2.24) is 0 Å². The minimum atomic E-state index is -3.73. The van der Waals surface area contributed by atoms with Crippen molar-refractivity contribution in [2.45, 2.75) is 52.4 Å². The number of hydrogen-bond acceptors (Lipinski definition) is 4. The highest BCUT2D eigenvalue weighted by molar-refractivity contribution is 7.92. The summed E-state index contributed by atoms with van der Waals surface area (Å²) in [4.78, 5) is 15.0. The molecule has 1 heterocycles. The summed E-state index contributed by atoms with van der Waals surface area (Å²) in [7, 11) is -3.73. The number of ether oxygens (including phenoxy) is 1. The second-order valence-corrected chi connectivity index (χ2v) is 10.8. The van der Waals surface area contributed by atoms with Gasteiger partial charge in [0.1, 0.15) is 12.4 Å². The van der Waals surface area contributed by atoms with Crippen LogP contribution in [0.5, 0.6) is 5.75 Å². The van der Waals surface area contributed by atoms with Crippen LogP contribution >= 0.6 is 0 Å². The zero-order chi connectivity index (χ0) is 22.8. The van der Waals surface area contributed by atoms with E-state index in [1.807, 2.05) is 26.0 Å². The van der Waals surface area contributed by atoms with Crippen LogP contribution in [0.25, 0.3) is 0 Å². The third-order valence-electron chi connectivity index (χ3n) is 5.24. The highest BCUT2D eigenvalue weighted by atomic mass is 32.2. The molecule has 1 aliphatic rings. The Hall–Kier alpha value is -2.54. The Morgan fingerprint density at radius 1 is 1.13 bits per heavy atom. The third kappa shape index (κ3) is 5.21. The monoisotopic (exact) mass is 444 g/mol. The maximum atomic E-state index is 13.1. The lowest BCUT2D eigenvalue weighted by molar-refractivity contribution is -0.127. The molecule has 2 aromatic carbocycles. The molecule has 1 N–H and O–H groups in total. The molecule has 0 radical (unpaired) electrons. The first-order valence-corrected chi connectivity index (χ1v) is 12.2. The Morgan fingerprint density at radius 2 is 1.81 bits per heavy atom. The highest BCUT2D eigenvalue weighted by Crippen LogP contribution is 2.39. The van der Waals surface area contributed by atoms with Gasteiger partial charge in [0.15, 0.2) is 0 Å². The Morgan fingerprint density at radius 3 is 2.42 bits per heavy atom. The Balaban J connectivity index is 1.90. The molecule has 0 atom stereocenters. The van der Waals surface area contributed by atoms with Gasteiger partial charge in [-0.25, -0.2) is 8.42 Å². The van der Waals surface area contributed by atoms with Gasteiger partial charge in [-0.05, 0) is 56.0 Å². The number of aryl methyl sites for hydroxylation is 1. The fourth-order valence-electron chi connectivity index (χ4n) is 3.60. The normalized spacial score (nSPS) is 15.9. The number of fused-ring (bicyclic) bond motifs is 1. The van der Waals surface area contributed by atoms with Gasteiger partial charge >= 0.3 is 0 Å². The van der Waals surface area contributed by atoms with Crippen LogP contribution in [0.3, 0.4) is 0 Å². The van der Waals surface area contributed by atoms with Crippen molar-refractivity contribution in [1.29, 1.82) is 0 Å². The van der Waals surface area contributed by atoms with Crippen molar-refractivity contribution >= 4 is 27.3 Å². The Bertz CT molecular complexity index is 1040. The van der Waals surface area contributed by atoms with Gasteiger partial charge < -0.3 is 9.64 Å². The van der Waals surface area contributed by atoms with Crippen molar-refractivity contribution < 1.29 is 17.9 Å². The summed E-state index contributed by atoms with van der Waals surface area (Å²) in [5, 5.41) is 0. The molecule has 168 valence electrons. The number of rotatable bonds is 7. The molecule has 0 aliphatic carbocycles. The molecule has 1 aliphatic heterocycles. The lowest BCUT2D eigenvalue weighted by atomic mass is 9.92. The minimum Gasteiger partial charge on any atom is -0.490 e. The zero-order valence-corrected chi connectivity index (χ0v) is 19.8. The third-order valence-corrected chi connectivity index (χ3v) is 6.63. The van der Waals surface area contributed by atoms with Crippen LogP contribution in [-0.4, -0.2) is 27.5 Å². The first-order chi connectivity index (χ1) is 14.5. The predicted molar refractivity (Wildman–Crippen MR) is 124 cm³/mol. The summed E-state index contributed by atoms with van der Waals surface area (Å²) in [5.74, 6) is 0.776. The fraction of sp³-hybridized carbons (Fsp3) is 0.458. The van der Waals surface area contributed by atoms with Crippen LogP contribution in [0.1, 0.15) is 46.6 Å². The first kappa shape index (κ1) is 23.1. The van der Waals surface area contributed by atoms with E-state index in [-0.39, 0.29) is 23.3 Å². The van der Waals surface area contributed by atoms with Crippen molar-refractivity contribution in [3.05, 3.63) is 48.0 Å². The van der Waals surface area contributed by atoms with Gasteiger partial charge in [0.2, 0.25) is 5.91 Å². The van der Waals surface area contributed by atoms with Gasteiger partial charge in [-0.2, -0.15) is 0 Å². The number of nitrogens with one attached hydrogen (secondary N) is 1. The summed E-state index contributed by atoms with van der Waals surface area (Å²) >= 11 is 0. The largest absolute Gasteiger partial charge is 0.490 e. The number of sulfonamides is 1. The number of carbonyl (C=O) groups excluding carboxylic acids is 1. The van der Waals surface area contributed by atoms with E-state index in [2.05, 4.69) is 25.5 Å². The van der Waals surface area contributed by atoms with Crippen molar-refractivity contribution in [2.75, 3.05) is 22.8 Å². The molecule has 6 nitrogen and oxygen atoms in total. The molecule has 0 spiro atoms. The number of anilines is 2. The Labute approximate surface area is 185 Å². The molecule has 0 saturated heterocycles. The molecule has 0 saturated carbocycles. The summed E-state index contributed by atoms with van der Waals surface area (Å²) in [5.41, 5.74) is 1.50. The topological polar surface area (TPSA) is 75.7 Å². The summed E-state index contributed by atoms with van der Waals surface area (Å²) in [6.07, 6.45) is 1.92. The second-order valence-electron chi connectivity index (χ2n) is 9.16. The molecular formula is C24H32N2O4S. The summed E-state index contributed by atoms with van der Waals surface area (Å²) in [6.45, 7) is 10.7. The molecule has 0 aromatic heterocycles. The molecule has 7 heteroatoms. The smallest absolute Gasteiger partial charge is 0.261 e. The number of carbonyl (C=O) groups is 1. The first-order valence-electron chi connectivity index (χ1n) is 10.7. The average molecular weight is 445 g/mol. The number of amides is 1. The molecule has 2 aromatic rings. The number of benzene rings is 2. The van der Waals surface area contributed by atoms with Gasteiger partial charge in [-0.15, -0.1) is 0 Å². The molecule has 1 amide bonds. The summed E-state index contributed by atoms with van der Waals surface area (Å²) < 4.78 is 34.3. The minimum absolute atomic E-state index is 0.000416. The Kier molecular flexibility index (Phi) is 6.65. The molecular weight excluding hydrogens is 412 g/mol. The van der Waals surface area contributed by atoms with Gasteiger partial charge in [-0.1, -0.05) is 39.3 Å². The van der Waals surface area contributed by atoms with E-state index in [9.17, 15) is 13.2 Å². The van der Waals surface area contributed by atoms with Crippen LogP contribution in [-0.2, 0) is 21.2 Å². The van der Waals surface area contributed by atoms with Crippen molar-refractivity contribution in [2.24, 2.45) is 11.3 Å². The van der Waals surface area contributed by atoms with Gasteiger partial charge in [-0.3, -0.25) is 9.52 Å². The number of hydrogen-bond donors (Lipinski definition) is 1. The maximum absolute atomic E-state index is 13.1. The lowest BCUT2D eigenvalue weighted by Crippen LogP contribution is -2.43. The van der Waals surface area contributed by atoms with E-state index >= 15 is 0 Å². The maximum Gasteiger partial charge on any atom is 0.261 e. The standard InChI is InChI=1S/C24H32N2O4S/c1-6-7-18-8-11-20(12-9-18)31(28,29)25-19-10-13-21-22(14-19)30-16-24(4,5)23(27)26(21)15-17(2)3/h8-14,17,25H,6-7,15-16H2,1-5H3. The molecule has 0 bridgehead atoms. The van der Waals surface area contributed by atoms with E-state index in [4.69, 9.17) is 4.74 Å². The highest BCUT2D eigenvalue weighted by Gasteiger charge is 2.38. The molecule has 3 rings (SSSR count). The van der Waals surface area contributed by atoms with E-state index in [0.717, 1.165) is 18.4 Å². The molecule has 31 heavy (non-hydrogen) atoms. The molecule has 0 fully saturated rings. The van der Waals surface area contributed by atoms with E-state index in [1.165, 1.54) is 0 Å². The van der Waals surface area contributed by atoms with Gasteiger partial charge in [0, 0.05) is 12.6 Å². The van der Waals surface area contributed by atoms with Crippen LogP contribution in [0.2, 0.25) is 0 Å². The van der Waals surface area contributed by atoms with Gasteiger partial charge in [0.25, 0.3) is 10.0 Å². The number of nitrogens with zero attached hydrogens (tertiary/aromatic N) is 1. The van der Waals surface area contributed by atoms with Crippen LogP contribution in [0.15, 0.2) is 47.4 Å². The van der Waals surface area contributed by atoms with E-state index in [1.54, 1.807) is 35.2 Å². The quantitative estimate of drug-likeness (QED) is 0.662. The van der Waals surface area contributed by atoms with Crippen LogP contribution in [0.4, 0.5) is 11.4 Å².